The van der Waals surface area contributed by atoms with Gasteiger partial charge < -0.3 is 14.2 Å². The van der Waals surface area contributed by atoms with Crippen molar-refractivity contribution in [2.24, 2.45) is 0 Å². The highest BCUT2D eigenvalue weighted by atomic mass is 16.5. The molecular formula is C19H26N4O. The molecule has 1 aromatic carbocycles. The second-order valence-corrected chi connectivity index (χ2v) is 6.72. The summed E-state index contributed by atoms with van der Waals surface area (Å²) in [5, 5.41) is 0. The lowest BCUT2D eigenvalue weighted by atomic mass is 10.0. The summed E-state index contributed by atoms with van der Waals surface area (Å²) in [5.74, 6) is 0.581. The van der Waals surface area contributed by atoms with E-state index in [1.54, 1.807) is 0 Å². The Morgan fingerprint density at radius 3 is 2.88 bits per heavy atom. The molecule has 1 saturated heterocycles. The quantitative estimate of drug-likeness (QED) is 0.844. The lowest BCUT2D eigenvalue weighted by Crippen LogP contribution is -2.39. The zero-order valence-corrected chi connectivity index (χ0v) is 14.4. The van der Waals surface area contributed by atoms with Crippen LogP contribution in [0.4, 0.5) is 5.69 Å². The van der Waals surface area contributed by atoms with Crippen molar-refractivity contribution in [1.29, 1.82) is 0 Å². The smallest absolute Gasteiger partial charge is 0.0948 e. The van der Waals surface area contributed by atoms with E-state index in [0.29, 0.717) is 5.92 Å². The number of imidazole rings is 1. The van der Waals surface area contributed by atoms with Crippen LogP contribution in [0.5, 0.6) is 0 Å². The number of ether oxygens (including phenoxy) is 1. The molecule has 0 radical (unpaired) electrons. The van der Waals surface area contributed by atoms with Gasteiger partial charge in [0.15, 0.2) is 0 Å². The molecule has 1 aromatic heterocycles. The number of benzene rings is 1. The fourth-order valence-corrected chi connectivity index (χ4v) is 3.94. The van der Waals surface area contributed by atoms with Crippen LogP contribution in [0.1, 0.15) is 24.1 Å². The van der Waals surface area contributed by atoms with Crippen molar-refractivity contribution in [3.8, 4) is 0 Å². The molecule has 5 heteroatoms. The van der Waals surface area contributed by atoms with Gasteiger partial charge in [0.1, 0.15) is 0 Å². The first-order valence-corrected chi connectivity index (χ1v) is 8.98. The van der Waals surface area contributed by atoms with Crippen LogP contribution in [-0.2, 0) is 17.8 Å². The number of aryl methyl sites for hydroxylation is 1. The molecule has 2 aliphatic heterocycles. The van der Waals surface area contributed by atoms with Crippen LogP contribution in [-0.4, -0.2) is 53.8 Å². The van der Waals surface area contributed by atoms with Gasteiger partial charge in [-0.2, -0.15) is 0 Å². The molecule has 4 rings (SSSR count). The van der Waals surface area contributed by atoms with Gasteiger partial charge in [-0.15, -0.1) is 0 Å². The Bertz CT molecular complexity index is 678. The first-order chi connectivity index (χ1) is 11.8. The molecule has 1 fully saturated rings. The average molecular weight is 326 g/mol. The van der Waals surface area contributed by atoms with Gasteiger partial charge in [0, 0.05) is 50.5 Å². The minimum absolute atomic E-state index is 0.581. The molecule has 3 heterocycles. The van der Waals surface area contributed by atoms with Gasteiger partial charge in [0.25, 0.3) is 0 Å². The molecule has 0 amide bonds. The predicted molar refractivity (Wildman–Crippen MR) is 95.4 cm³/mol. The highest BCUT2D eigenvalue weighted by Crippen LogP contribution is 2.37. The lowest BCUT2D eigenvalue weighted by Gasteiger charge is -2.29. The van der Waals surface area contributed by atoms with Crippen molar-refractivity contribution in [1.82, 2.24) is 14.5 Å². The molecule has 0 spiro atoms. The van der Waals surface area contributed by atoms with E-state index in [0.717, 1.165) is 52.5 Å². The summed E-state index contributed by atoms with van der Waals surface area (Å²) in [6.45, 7) is 10.1. The van der Waals surface area contributed by atoms with E-state index in [-0.39, 0.29) is 0 Å². The first kappa shape index (κ1) is 15.7. The number of hydrogen-bond donors (Lipinski definition) is 0. The third-order valence-corrected chi connectivity index (χ3v) is 5.23. The Morgan fingerprint density at radius 2 is 2.04 bits per heavy atom. The van der Waals surface area contributed by atoms with Crippen LogP contribution in [0.2, 0.25) is 0 Å². The van der Waals surface area contributed by atoms with Crippen molar-refractivity contribution in [3.63, 3.8) is 0 Å². The molecule has 1 atom stereocenters. The summed E-state index contributed by atoms with van der Waals surface area (Å²) in [5.41, 5.74) is 4.17. The second-order valence-electron chi connectivity index (χ2n) is 6.72. The molecule has 0 unspecified atom stereocenters. The van der Waals surface area contributed by atoms with Gasteiger partial charge >= 0.3 is 0 Å². The van der Waals surface area contributed by atoms with E-state index >= 15 is 0 Å². The fourth-order valence-electron chi connectivity index (χ4n) is 3.94. The van der Waals surface area contributed by atoms with E-state index in [9.17, 15) is 0 Å². The molecular weight excluding hydrogens is 300 g/mol. The number of rotatable bonds is 5. The zero-order chi connectivity index (χ0) is 16.4. The van der Waals surface area contributed by atoms with Crippen molar-refractivity contribution in [2.75, 3.05) is 44.3 Å². The maximum absolute atomic E-state index is 5.49. The topological polar surface area (TPSA) is 33.5 Å². The minimum atomic E-state index is 0.581. The number of nitrogens with zero attached hydrogens (tertiary/aromatic N) is 4. The van der Waals surface area contributed by atoms with Gasteiger partial charge in [-0.25, -0.2) is 4.98 Å². The summed E-state index contributed by atoms with van der Waals surface area (Å²) < 4.78 is 7.72. The lowest BCUT2D eigenvalue weighted by molar-refractivity contribution is 0.0356. The average Bonchev–Trinajstić information content (AvgIpc) is 3.21. The Balaban J connectivity index is 1.52. The number of para-hydroxylation sites is 1. The van der Waals surface area contributed by atoms with Gasteiger partial charge in [0.05, 0.1) is 31.8 Å². The van der Waals surface area contributed by atoms with Crippen LogP contribution >= 0.6 is 0 Å². The zero-order valence-electron chi connectivity index (χ0n) is 14.4. The maximum Gasteiger partial charge on any atom is 0.0948 e. The first-order valence-electron chi connectivity index (χ1n) is 8.98. The van der Waals surface area contributed by atoms with Crippen LogP contribution in [0.15, 0.2) is 36.8 Å². The van der Waals surface area contributed by atoms with E-state index in [1.165, 1.54) is 16.9 Å². The van der Waals surface area contributed by atoms with Crippen LogP contribution in [0.3, 0.4) is 0 Å². The summed E-state index contributed by atoms with van der Waals surface area (Å²) in [4.78, 5) is 9.38. The molecule has 5 nitrogen and oxygen atoms in total. The molecule has 128 valence electrons. The third-order valence-electron chi connectivity index (χ3n) is 5.23. The van der Waals surface area contributed by atoms with Crippen LogP contribution in [0, 0.1) is 0 Å². The van der Waals surface area contributed by atoms with Crippen LogP contribution in [0.25, 0.3) is 0 Å². The van der Waals surface area contributed by atoms with Gasteiger partial charge in [-0.05, 0) is 18.6 Å². The number of aromatic nitrogens is 2. The highest BCUT2D eigenvalue weighted by molar-refractivity contribution is 5.60. The molecule has 0 aliphatic carbocycles. The Hall–Kier alpha value is -1.85. The third kappa shape index (κ3) is 3.06. The molecule has 0 saturated carbocycles. The van der Waals surface area contributed by atoms with Crippen LogP contribution < -0.4 is 4.90 Å². The minimum Gasteiger partial charge on any atom is -0.379 e. The van der Waals surface area contributed by atoms with Gasteiger partial charge in [-0.1, -0.05) is 18.2 Å². The van der Waals surface area contributed by atoms with Crippen molar-refractivity contribution < 1.29 is 4.74 Å². The molecule has 2 aliphatic rings. The Kier molecular flexibility index (Phi) is 4.54. The fraction of sp³-hybridized carbons (Fsp3) is 0.526. The molecule has 0 N–H and O–H groups in total. The number of hydrogen-bond acceptors (Lipinski definition) is 4. The number of fused-ring (bicyclic) bond motifs is 1. The SMILES string of the molecule is CCn1cncc1CN1C[C@H](CN2CCOCC2)c2ccccc21. The maximum atomic E-state index is 5.49. The van der Waals surface area contributed by atoms with E-state index in [4.69, 9.17) is 4.74 Å². The normalized spacial score (nSPS) is 21.2. The monoisotopic (exact) mass is 326 g/mol. The van der Waals surface area contributed by atoms with Gasteiger partial charge in [0.2, 0.25) is 0 Å². The number of morpholine rings is 1. The van der Waals surface area contributed by atoms with E-state index < -0.39 is 0 Å². The molecule has 24 heavy (non-hydrogen) atoms. The molecule has 2 aromatic rings. The Morgan fingerprint density at radius 1 is 1.21 bits per heavy atom. The summed E-state index contributed by atoms with van der Waals surface area (Å²) in [6, 6.07) is 8.89. The summed E-state index contributed by atoms with van der Waals surface area (Å²) in [6.07, 6.45) is 3.93. The highest BCUT2D eigenvalue weighted by Gasteiger charge is 2.30. The van der Waals surface area contributed by atoms with E-state index in [1.807, 2.05) is 12.5 Å². The Labute approximate surface area is 143 Å². The van der Waals surface area contributed by atoms with Gasteiger partial charge in [-0.3, -0.25) is 4.90 Å². The summed E-state index contributed by atoms with van der Waals surface area (Å²) >= 11 is 0. The molecule has 0 bridgehead atoms. The summed E-state index contributed by atoms with van der Waals surface area (Å²) in [7, 11) is 0. The van der Waals surface area contributed by atoms with Crippen molar-refractivity contribution >= 4 is 5.69 Å². The predicted octanol–water partition coefficient (Wildman–Crippen LogP) is 2.34. The second kappa shape index (κ2) is 6.95. The number of anilines is 1. The van der Waals surface area contributed by atoms with Crippen molar-refractivity contribution in [3.05, 3.63) is 48.0 Å². The standard InChI is InChI=1S/C19H26N4O/c1-2-22-15-20-11-17(22)14-23-13-16(12-21-7-9-24-10-8-21)18-5-3-4-6-19(18)23/h3-6,11,15-16H,2,7-10,12-14H2,1H3/t16-/m0/s1. The van der Waals surface area contributed by atoms with Crippen molar-refractivity contribution in [2.45, 2.75) is 25.9 Å². The van der Waals surface area contributed by atoms with E-state index in [2.05, 4.69) is 50.5 Å². The largest absolute Gasteiger partial charge is 0.379 e.